The van der Waals surface area contributed by atoms with Gasteiger partial charge >= 0.3 is 20.1 Å². The SMILES string of the molecule is Cc1ccc(-c2[c-]cc(CCc3cc(CCc4c[c-]c(-c5ccc(C)cn5)cc4)cc(-c4ccccc4-c4c[c-]c(-c5cc(-c6ccc7c(c6)oc6ccccc67)ccn5)cc4)c3)cc2)nc1.[Ir+3]. The number of nitrogens with zero attached hydrogens (tertiary/aromatic N) is 3. The Labute approximate surface area is 411 Å². The van der Waals surface area contributed by atoms with Crippen molar-refractivity contribution in [3.8, 4) is 67.2 Å². The van der Waals surface area contributed by atoms with E-state index in [9.17, 15) is 0 Å². The van der Waals surface area contributed by atoms with Gasteiger partial charge in [0, 0.05) is 29.4 Å². The Kier molecular flexibility index (Phi) is 12.8. The molecule has 7 aromatic carbocycles. The van der Waals surface area contributed by atoms with Gasteiger partial charge in [0.05, 0.1) is 0 Å². The normalized spacial score (nSPS) is 11.2. The van der Waals surface area contributed by atoms with Crippen LogP contribution in [0.25, 0.3) is 89.1 Å². The van der Waals surface area contributed by atoms with Crippen LogP contribution in [0.5, 0.6) is 0 Å². The number of aryl methyl sites for hydroxylation is 6. The molecule has 328 valence electrons. The van der Waals surface area contributed by atoms with Crippen molar-refractivity contribution in [1.82, 2.24) is 15.0 Å². The van der Waals surface area contributed by atoms with Gasteiger partial charge in [0.25, 0.3) is 0 Å². The molecule has 11 aromatic rings. The Balaban J connectivity index is 0.00000539. The molecule has 0 atom stereocenters. The maximum Gasteiger partial charge on any atom is 3.00 e. The summed E-state index contributed by atoms with van der Waals surface area (Å²) < 4.78 is 6.21. The third-order valence-electron chi connectivity index (χ3n) is 12.7. The first-order chi connectivity index (χ1) is 33.0. The van der Waals surface area contributed by atoms with E-state index in [0.29, 0.717) is 0 Å². The molecule has 4 heterocycles. The average molecular weight is 1050 g/mol. The van der Waals surface area contributed by atoms with E-state index in [-0.39, 0.29) is 20.1 Å². The summed E-state index contributed by atoms with van der Waals surface area (Å²) >= 11 is 0. The van der Waals surface area contributed by atoms with E-state index >= 15 is 0 Å². The first kappa shape index (κ1) is 44.3. The van der Waals surface area contributed by atoms with E-state index in [1.165, 1.54) is 38.9 Å². The maximum absolute atomic E-state index is 6.21. The van der Waals surface area contributed by atoms with E-state index in [1.807, 2.05) is 30.7 Å². The van der Waals surface area contributed by atoms with Gasteiger partial charge in [-0.15, -0.1) is 101 Å². The molecule has 0 aliphatic rings. The number of rotatable bonds is 12. The largest absolute Gasteiger partial charge is 3.00 e. The molecule has 0 aliphatic carbocycles. The summed E-state index contributed by atoms with van der Waals surface area (Å²) in [5.41, 5.74) is 21.8. The fourth-order valence-corrected chi connectivity index (χ4v) is 8.98. The summed E-state index contributed by atoms with van der Waals surface area (Å²) in [6.45, 7) is 4.12. The van der Waals surface area contributed by atoms with Crippen molar-refractivity contribution < 1.29 is 24.5 Å². The fourth-order valence-electron chi connectivity index (χ4n) is 8.98. The topological polar surface area (TPSA) is 51.8 Å². The van der Waals surface area contributed by atoms with E-state index in [0.717, 1.165) is 109 Å². The first-order valence-corrected chi connectivity index (χ1v) is 23.0. The third-order valence-corrected chi connectivity index (χ3v) is 12.7. The number of para-hydroxylation sites is 1. The molecule has 0 N–H and O–H groups in total. The minimum atomic E-state index is 0. The Bertz CT molecular complexity index is 3390. The van der Waals surface area contributed by atoms with Crippen molar-refractivity contribution in [3.63, 3.8) is 0 Å². The van der Waals surface area contributed by atoms with Gasteiger partial charge in [-0.2, -0.15) is 0 Å². The van der Waals surface area contributed by atoms with Gasteiger partial charge in [-0.3, -0.25) is 0 Å². The van der Waals surface area contributed by atoms with Crippen LogP contribution >= 0.6 is 0 Å². The number of fused-ring (bicyclic) bond motifs is 3. The first-order valence-electron chi connectivity index (χ1n) is 23.0. The zero-order chi connectivity index (χ0) is 45.1. The Morgan fingerprint density at radius 2 is 0.941 bits per heavy atom. The minimum Gasteiger partial charge on any atom is -0.456 e. The number of pyridine rings is 3. The van der Waals surface area contributed by atoms with Crippen LogP contribution in [0.15, 0.2) is 199 Å². The molecule has 0 aliphatic heterocycles. The van der Waals surface area contributed by atoms with E-state index in [2.05, 4.69) is 206 Å². The van der Waals surface area contributed by atoms with Crippen LogP contribution in [0, 0.1) is 32.0 Å². The summed E-state index contributed by atoms with van der Waals surface area (Å²) in [4.78, 5) is 14.0. The van der Waals surface area contributed by atoms with Crippen molar-refractivity contribution in [2.45, 2.75) is 39.5 Å². The standard InChI is InChI=1S/C63H46N3O.Ir/c1-42-11-31-59(65-40-42)49-21-17-44(18-22-49)13-15-46-35-47(16-14-45-19-23-50(24-20-45)60-32-12-43(2)41-66-60)37-54(36-46)56-8-4-3-7-55(56)48-25-27-51(28-26-48)61-38-53(33-34-64-61)52-29-30-58-57-9-5-6-10-62(57)67-63(58)39-52;/h3-12,17-21,23,25-27,29-41H,13-16H2,1-2H3;/q-3;+3. The second-order valence-corrected chi connectivity index (χ2v) is 17.5. The molecular formula is C63H46IrN3O. The molecule has 68 heavy (non-hydrogen) atoms. The second-order valence-electron chi connectivity index (χ2n) is 17.5. The molecule has 0 spiro atoms. The van der Waals surface area contributed by atoms with Gasteiger partial charge in [0.1, 0.15) is 11.2 Å². The quantitative estimate of drug-likeness (QED) is 0.114. The molecule has 11 rings (SSSR count). The van der Waals surface area contributed by atoms with Crippen LogP contribution in [0.3, 0.4) is 0 Å². The van der Waals surface area contributed by atoms with E-state index < -0.39 is 0 Å². The molecule has 0 fully saturated rings. The minimum absolute atomic E-state index is 0. The van der Waals surface area contributed by atoms with Crippen molar-refractivity contribution >= 4 is 21.9 Å². The van der Waals surface area contributed by atoms with Gasteiger partial charge in [-0.1, -0.05) is 121 Å². The average Bonchev–Trinajstić information content (AvgIpc) is 3.76. The predicted octanol–water partition coefficient (Wildman–Crippen LogP) is 15.4. The molecule has 4 aromatic heterocycles. The van der Waals surface area contributed by atoms with Crippen LogP contribution in [-0.4, -0.2) is 15.0 Å². The molecule has 0 amide bonds. The smallest absolute Gasteiger partial charge is 0.456 e. The van der Waals surface area contributed by atoms with Crippen molar-refractivity contribution in [1.29, 1.82) is 0 Å². The van der Waals surface area contributed by atoms with E-state index in [1.54, 1.807) is 0 Å². The summed E-state index contributed by atoms with van der Waals surface area (Å²) in [7, 11) is 0. The molecule has 5 heteroatoms. The van der Waals surface area contributed by atoms with Gasteiger partial charge in [-0.05, 0) is 113 Å². The van der Waals surface area contributed by atoms with Crippen LogP contribution < -0.4 is 0 Å². The van der Waals surface area contributed by atoms with Gasteiger partial charge in [-0.25, -0.2) is 0 Å². The zero-order valence-corrected chi connectivity index (χ0v) is 40.3. The number of hydrogen-bond acceptors (Lipinski definition) is 4. The monoisotopic (exact) mass is 1050 g/mol. The van der Waals surface area contributed by atoms with Gasteiger partial charge < -0.3 is 19.4 Å². The summed E-state index contributed by atoms with van der Waals surface area (Å²) in [5, 5.41) is 2.25. The zero-order valence-electron chi connectivity index (χ0n) is 37.9. The third kappa shape index (κ3) is 9.64. The molecule has 4 nitrogen and oxygen atoms in total. The summed E-state index contributed by atoms with van der Waals surface area (Å²) in [6.07, 6.45) is 9.33. The van der Waals surface area contributed by atoms with Crippen LogP contribution in [0.4, 0.5) is 0 Å². The van der Waals surface area contributed by atoms with Crippen molar-refractivity contribution in [2.75, 3.05) is 0 Å². The molecule has 0 unspecified atom stereocenters. The molecule has 0 radical (unpaired) electrons. The van der Waals surface area contributed by atoms with Gasteiger partial charge in [0.2, 0.25) is 0 Å². The Morgan fingerprint density at radius 3 is 1.54 bits per heavy atom. The van der Waals surface area contributed by atoms with Crippen LogP contribution in [-0.2, 0) is 45.8 Å². The van der Waals surface area contributed by atoms with Crippen LogP contribution in [0.2, 0.25) is 0 Å². The number of furan rings is 1. The summed E-state index contributed by atoms with van der Waals surface area (Å²) in [5.74, 6) is 0. The molecule has 0 saturated heterocycles. The molecular weight excluding hydrogens is 1010 g/mol. The van der Waals surface area contributed by atoms with Gasteiger partial charge in [0.15, 0.2) is 0 Å². The Morgan fingerprint density at radius 1 is 0.397 bits per heavy atom. The molecule has 0 saturated carbocycles. The van der Waals surface area contributed by atoms with Crippen molar-refractivity contribution in [2.24, 2.45) is 0 Å². The number of benzene rings is 7. The fraction of sp³-hybridized carbons (Fsp3) is 0.0952. The Hall–Kier alpha value is -7.56. The van der Waals surface area contributed by atoms with Crippen molar-refractivity contribution in [3.05, 3.63) is 246 Å². The number of aromatic nitrogens is 3. The number of hydrogen-bond donors (Lipinski definition) is 0. The van der Waals surface area contributed by atoms with E-state index in [4.69, 9.17) is 9.40 Å². The van der Waals surface area contributed by atoms with Crippen LogP contribution in [0.1, 0.15) is 33.4 Å². The second kappa shape index (κ2) is 19.7. The summed E-state index contributed by atoms with van der Waals surface area (Å²) in [6, 6.07) is 73.0. The predicted molar refractivity (Wildman–Crippen MR) is 273 cm³/mol. The molecule has 0 bridgehead atoms. The maximum atomic E-state index is 6.21.